The van der Waals surface area contributed by atoms with Gasteiger partial charge < -0.3 is 14.8 Å². The zero-order valence-corrected chi connectivity index (χ0v) is 18.7. The van der Waals surface area contributed by atoms with E-state index in [-0.39, 0.29) is 11.3 Å². The van der Waals surface area contributed by atoms with Crippen molar-refractivity contribution in [3.05, 3.63) is 88.0 Å². The van der Waals surface area contributed by atoms with Gasteiger partial charge >= 0.3 is 0 Å². The SMILES string of the molecule is COc1ccc(C2=C(Nc3cc(Cl)ccc3OC)C(=O)N(c3ccc(Cl)cc3)C2=O)cc1. The van der Waals surface area contributed by atoms with Gasteiger partial charge in [0.15, 0.2) is 0 Å². The van der Waals surface area contributed by atoms with Gasteiger partial charge in [0.05, 0.1) is 31.2 Å². The lowest BCUT2D eigenvalue weighted by molar-refractivity contribution is -0.120. The van der Waals surface area contributed by atoms with Gasteiger partial charge in [-0.25, -0.2) is 4.90 Å². The van der Waals surface area contributed by atoms with E-state index in [2.05, 4.69) is 5.32 Å². The van der Waals surface area contributed by atoms with E-state index in [0.717, 1.165) is 4.90 Å². The first kappa shape index (κ1) is 21.7. The van der Waals surface area contributed by atoms with Crippen molar-refractivity contribution in [3.8, 4) is 11.5 Å². The fourth-order valence-corrected chi connectivity index (χ4v) is 3.71. The normalized spacial score (nSPS) is 13.6. The molecule has 2 amide bonds. The van der Waals surface area contributed by atoms with Crippen LogP contribution in [0, 0.1) is 0 Å². The molecule has 0 unspecified atom stereocenters. The number of rotatable bonds is 6. The van der Waals surface area contributed by atoms with Gasteiger partial charge in [-0.2, -0.15) is 0 Å². The van der Waals surface area contributed by atoms with Crippen molar-refractivity contribution in [2.45, 2.75) is 0 Å². The van der Waals surface area contributed by atoms with Crippen LogP contribution >= 0.6 is 23.2 Å². The Morgan fingerprint density at radius 3 is 2.06 bits per heavy atom. The molecule has 4 rings (SSSR count). The molecule has 3 aromatic rings. The number of nitrogens with zero attached hydrogens (tertiary/aromatic N) is 1. The second-order valence-electron chi connectivity index (χ2n) is 6.87. The molecule has 6 nitrogen and oxygen atoms in total. The minimum atomic E-state index is -0.509. The maximum atomic E-state index is 13.5. The number of methoxy groups -OCH3 is 2. The van der Waals surface area contributed by atoms with Crippen molar-refractivity contribution in [2.75, 3.05) is 24.4 Å². The lowest BCUT2D eigenvalue weighted by Crippen LogP contribution is -2.32. The van der Waals surface area contributed by atoms with E-state index in [1.54, 1.807) is 73.8 Å². The Morgan fingerprint density at radius 1 is 0.781 bits per heavy atom. The summed E-state index contributed by atoms with van der Waals surface area (Å²) < 4.78 is 10.6. The van der Waals surface area contributed by atoms with E-state index in [1.165, 1.54) is 7.11 Å². The minimum Gasteiger partial charge on any atom is -0.497 e. The smallest absolute Gasteiger partial charge is 0.282 e. The molecule has 1 aliphatic rings. The molecule has 32 heavy (non-hydrogen) atoms. The van der Waals surface area contributed by atoms with Gasteiger partial charge in [-0.1, -0.05) is 35.3 Å². The summed E-state index contributed by atoms with van der Waals surface area (Å²) in [7, 11) is 3.06. The Kier molecular flexibility index (Phi) is 6.08. The lowest BCUT2D eigenvalue weighted by atomic mass is 10.0. The number of anilines is 2. The molecule has 3 aromatic carbocycles. The lowest BCUT2D eigenvalue weighted by Gasteiger charge is -2.16. The van der Waals surface area contributed by atoms with Gasteiger partial charge in [-0.15, -0.1) is 0 Å². The molecule has 0 aromatic heterocycles. The van der Waals surface area contributed by atoms with Crippen LogP contribution in [0.4, 0.5) is 11.4 Å². The molecule has 0 spiro atoms. The number of amides is 2. The maximum Gasteiger partial charge on any atom is 0.282 e. The first-order valence-corrected chi connectivity index (χ1v) is 10.3. The van der Waals surface area contributed by atoms with Gasteiger partial charge in [0, 0.05) is 10.0 Å². The number of carbonyl (C=O) groups is 2. The number of nitrogens with one attached hydrogen (secondary N) is 1. The Bertz CT molecular complexity index is 1220. The topological polar surface area (TPSA) is 67.9 Å². The van der Waals surface area contributed by atoms with Gasteiger partial charge in [-0.05, 0) is 60.2 Å². The monoisotopic (exact) mass is 468 g/mol. The van der Waals surface area contributed by atoms with Crippen LogP contribution in [0.2, 0.25) is 10.0 Å². The second kappa shape index (κ2) is 8.94. The summed E-state index contributed by atoms with van der Waals surface area (Å²) in [4.78, 5) is 28.0. The molecular weight excluding hydrogens is 451 g/mol. The van der Waals surface area contributed by atoms with Crippen molar-refractivity contribution in [3.63, 3.8) is 0 Å². The molecule has 0 bridgehead atoms. The Labute approximate surface area is 195 Å². The zero-order chi connectivity index (χ0) is 22.8. The Balaban J connectivity index is 1.84. The highest BCUT2D eigenvalue weighted by molar-refractivity contribution is 6.46. The molecule has 162 valence electrons. The third kappa shape index (κ3) is 4.02. The molecule has 0 fully saturated rings. The first-order valence-electron chi connectivity index (χ1n) is 9.56. The van der Waals surface area contributed by atoms with Gasteiger partial charge in [-0.3, -0.25) is 9.59 Å². The van der Waals surface area contributed by atoms with Crippen LogP contribution in [-0.4, -0.2) is 26.0 Å². The van der Waals surface area contributed by atoms with E-state index in [4.69, 9.17) is 32.7 Å². The fraction of sp³-hybridized carbons (Fsp3) is 0.0833. The number of imide groups is 1. The number of hydrogen-bond donors (Lipinski definition) is 1. The fourth-order valence-electron chi connectivity index (χ4n) is 3.41. The summed E-state index contributed by atoms with van der Waals surface area (Å²) in [6.07, 6.45) is 0. The number of carbonyl (C=O) groups excluding carboxylic acids is 2. The number of ether oxygens (including phenoxy) is 2. The third-order valence-electron chi connectivity index (χ3n) is 4.97. The zero-order valence-electron chi connectivity index (χ0n) is 17.2. The largest absolute Gasteiger partial charge is 0.497 e. The minimum absolute atomic E-state index is 0.107. The van der Waals surface area contributed by atoms with Crippen LogP contribution in [0.1, 0.15) is 5.56 Å². The van der Waals surface area contributed by atoms with Crippen LogP contribution in [-0.2, 0) is 9.59 Å². The average Bonchev–Trinajstić information content (AvgIpc) is 3.04. The van der Waals surface area contributed by atoms with Crippen LogP contribution in [0.5, 0.6) is 11.5 Å². The summed E-state index contributed by atoms with van der Waals surface area (Å²) >= 11 is 12.1. The summed E-state index contributed by atoms with van der Waals surface area (Å²) in [6, 6.07) is 18.4. The van der Waals surface area contributed by atoms with Gasteiger partial charge in [0.25, 0.3) is 11.8 Å². The number of halogens is 2. The number of hydrogen-bond acceptors (Lipinski definition) is 5. The molecule has 1 heterocycles. The molecule has 1 N–H and O–H groups in total. The summed E-state index contributed by atoms with van der Waals surface area (Å²) in [5.41, 5.74) is 1.75. The highest BCUT2D eigenvalue weighted by atomic mass is 35.5. The predicted octanol–water partition coefficient (Wildman–Crippen LogP) is 5.41. The van der Waals surface area contributed by atoms with Crippen LogP contribution in [0.25, 0.3) is 5.57 Å². The first-order chi connectivity index (χ1) is 15.4. The molecule has 0 atom stereocenters. The van der Waals surface area contributed by atoms with Crippen LogP contribution in [0.3, 0.4) is 0 Å². The van der Waals surface area contributed by atoms with E-state index in [1.807, 2.05) is 0 Å². The maximum absolute atomic E-state index is 13.5. The molecule has 0 saturated heterocycles. The average molecular weight is 469 g/mol. The van der Waals surface area contributed by atoms with Crippen molar-refractivity contribution in [2.24, 2.45) is 0 Å². The predicted molar refractivity (Wildman–Crippen MR) is 125 cm³/mol. The van der Waals surface area contributed by atoms with E-state index >= 15 is 0 Å². The van der Waals surface area contributed by atoms with Crippen molar-refractivity contribution in [1.29, 1.82) is 0 Å². The molecule has 1 aliphatic heterocycles. The summed E-state index contributed by atoms with van der Waals surface area (Å²) in [5.74, 6) is 0.129. The summed E-state index contributed by atoms with van der Waals surface area (Å²) in [6.45, 7) is 0. The molecule has 8 heteroatoms. The van der Waals surface area contributed by atoms with Gasteiger partial charge in [0.2, 0.25) is 0 Å². The van der Waals surface area contributed by atoms with E-state index < -0.39 is 11.8 Å². The molecule has 0 saturated carbocycles. The Hall–Kier alpha value is -3.48. The van der Waals surface area contributed by atoms with Crippen molar-refractivity contribution in [1.82, 2.24) is 0 Å². The van der Waals surface area contributed by atoms with Crippen LogP contribution < -0.4 is 19.7 Å². The molecule has 0 aliphatic carbocycles. The highest BCUT2D eigenvalue weighted by Gasteiger charge is 2.40. The number of benzene rings is 3. The van der Waals surface area contributed by atoms with Gasteiger partial charge in [0.1, 0.15) is 17.2 Å². The van der Waals surface area contributed by atoms with Crippen molar-refractivity contribution < 1.29 is 19.1 Å². The Morgan fingerprint density at radius 2 is 1.44 bits per heavy atom. The standard InChI is InChI=1S/C24H18Cl2N2O4/c1-31-18-10-3-14(4-11-18)21-22(27-19-13-16(26)7-12-20(19)32-2)24(30)28(23(21)29)17-8-5-15(25)6-9-17/h3-13,27H,1-2H3. The molecular formula is C24H18Cl2N2O4. The summed E-state index contributed by atoms with van der Waals surface area (Å²) in [5, 5.41) is 4.02. The third-order valence-corrected chi connectivity index (χ3v) is 5.46. The van der Waals surface area contributed by atoms with Crippen molar-refractivity contribution >= 4 is 52.0 Å². The quantitative estimate of drug-likeness (QED) is 0.490. The second-order valence-corrected chi connectivity index (χ2v) is 7.74. The van der Waals surface area contributed by atoms with Crippen LogP contribution in [0.15, 0.2) is 72.4 Å². The van der Waals surface area contributed by atoms with E-state index in [0.29, 0.717) is 38.5 Å². The molecule has 0 radical (unpaired) electrons. The highest BCUT2D eigenvalue weighted by Crippen LogP contribution is 2.37. The van der Waals surface area contributed by atoms with E-state index in [9.17, 15) is 9.59 Å².